The van der Waals surface area contributed by atoms with Crippen LogP contribution in [0.3, 0.4) is 0 Å². The number of hydrogen-bond acceptors (Lipinski definition) is 15. The van der Waals surface area contributed by atoms with Gasteiger partial charge in [-0.25, -0.2) is 14.6 Å². The predicted octanol–water partition coefficient (Wildman–Crippen LogP) is 8.75. The van der Waals surface area contributed by atoms with Crippen molar-refractivity contribution in [3.63, 3.8) is 0 Å². The molecule has 2 N–H and O–H groups in total. The zero-order valence-electron chi connectivity index (χ0n) is 40.1. The molecule has 0 saturated carbocycles. The highest BCUT2D eigenvalue weighted by atomic mass is 31.2. The maximum absolute atomic E-state index is 14.5. The van der Waals surface area contributed by atoms with E-state index in [1.54, 1.807) is 21.1 Å². The molecule has 18 heteroatoms. The fourth-order valence-electron chi connectivity index (χ4n) is 8.44. The summed E-state index contributed by atoms with van der Waals surface area (Å²) in [5, 5.41) is 20.8. The van der Waals surface area contributed by atoms with Gasteiger partial charge in [0.15, 0.2) is 5.65 Å². The number of nitrogens with two attached hydrogens (primary N) is 1. The van der Waals surface area contributed by atoms with Gasteiger partial charge in [-0.15, -0.1) is 0 Å². The first-order valence-electron chi connectivity index (χ1n) is 22.9. The minimum Gasteiger partial charge on any atom is -0.497 e. The molecule has 4 aromatic carbocycles. The molecule has 68 heavy (non-hydrogen) atoms. The highest BCUT2D eigenvalue weighted by Crippen LogP contribution is 2.51. The van der Waals surface area contributed by atoms with E-state index in [4.69, 9.17) is 35.1 Å². The van der Waals surface area contributed by atoms with Crippen molar-refractivity contribution in [3.8, 4) is 17.6 Å². The van der Waals surface area contributed by atoms with E-state index >= 15 is 0 Å². The van der Waals surface area contributed by atoms with Gasteiger partial charge in [0.05, 0.1) is 56.6 Å². The van der Waals surface area contributed by atoms with Gasteiger partial charge >= 0.3 is 0 Å². The standard InChI is InChI=1S/C50H57N8O9P/c1-32(2)57(33(3)4)68(65-29-11-28-51)67-43-30-45(56-47-46(53-34(5)48(56)59)42(54-49(52)55-47)27-16-35-14-21-39(22-15-35)58(60)61)66-44(43)31-64-50(36-12-9-8-10-13-36,37-17-23-40(62-6)24-18-37)38-19-25-41(63-7)26-20-38/h8-10,12-15,17-26,32-33,43-45H,11,16,27,29-31H2,1-7H3,(H2,52,54,55)/t43-,44+,45?,68?/m0/s1/i16D/t16?,43-,44+,45?,68?. The summed E-state index contributed by atoms with van der Waals surface area (Å²) in [6.07, 6.45) is -3.23. The Balaban J connectivity index is 1.34. The van der Waals surface area contributed by atoms with Crippen LogP contribution < -0.4 is 20.8 Å². The molecular formula is C50H57N8O9P. The first kappa shape index (κ1) is 48.1. The summed E-state index contributed by atoms with van der Waals surface area (Å²) in [7, 11) is 1.42. The normalized spacial score (nSPS) is 17.3. The number of aryl methyl sites for hydroxylation is 3. The molecular weight excluding hydrogens is 888 g/mol. The second-order valence-electron chi connectivity index (χ2n) is 16.7. The van der Waals surface area contributed by atoms with Gasteiger partial charge in [-0.2, -0.15) is 10.2 Å². The molecule has 2 aromatic heterocycles. The summed E-state index contributed by atoms with van der Waals surface area (Å²) < 4.78 is 51.6. The van der Waals surface area contributed by atoms with E-state index < -0.39 is 49.4 Å². The fourth-order valence-corrected chi connectivity index (χ4v) is 10.2. The molecule has 0 bridgehead atoms. The monoisotopic (exact) mass is 945 g/mol. The molecule has 1 fully saturated rings. The van der Waals surface area contributed by atoms with E-state index in [9.17, 15) is 20.2 Å². The zero-order chi connectivity index (χ0) is 49.4. The molecule has 7 rings (SSSR count). The molecule has 0 amide bonds. The number of fused-ring (bicyclic) bond motifs is 1. The average molecular weight is 946 g/mol. The van der Waals surface area contributed by atoms with E-state index in [0.717, 1.165) is 16.7 Å². The summed E-state index contributed by atoms with van der Waals surface area (Å²) in [5.41, 5.74) is 8.28. The number of nitro benzene ring substituents is 1. The van der Waals surface area contributed by atoms with Crippen LogP contribution in [0.2, 0.25) is 0 Å². The molecule has 6 aromatic rings. The molecule has 0 spiro atoms. The van der Waals surface area contributed by atoms with Crippen LogP contribution in [0.1, 0.15) is 81.8 Å². The average Bonchev–Trinajstić information content (AvgIpc) is 3.74. The Morgan fingerprint density at radius 1 is 0.941 bits per heavy atom. The minimum absolute atomic E-state index is 0.00224. The number of methoxy groups -OCH3 is 2. The number of aromatic nitrogens is 4. The molecule has 1 aliphatic rings. The molecule has 0 aliphatic carbocycles. The van der Waals surface area contributed by atoms with Crippen LogP contribution in [-0.4, -0.2) is 80.8 Å². The van der Waals surface area contributed by atoms with Crippen molar-refractivity contribution in [3.05, 3.63) is 157 Å². The molecule has 0 radical (unpaired) electrons. The van der Waals surface area contributed by atoms with Crippen LogP contribution in [0.4, 0.5) is 11.6 Å². The van der Waals surface area contributed by atoms with E-state index in [-0.39, 0.29) is 73.1 Å². The molecule has 1 aliphatic heterocycles. The van der Waals surface area contributed by atoms with Crippen LogP contribution >= 0.6 is 8.53 Å². The number of nitrogens with zero attached hydrogens (tertiary/aromatic N) is 7. The molecule has 3 unspecified atom stereocenters. The number of non-ortho nitro benzene ring substituents is 1. The van der Waals surface area contributed by atoms with Crippen LogP contribution in [0.5, 0.6) is 11.5 Å². The third-order valence-electron chi connectivity index (χ3n) is 11.6. The molecule has 356 valence electrons. The predicted molar refractivity (Wildman–Crippen MR) is 258 cm³/mol. The van der Waals surface area contributed by atoms with Crippen LogP contribution in [0.25, 0.3) is 11.2 Å². The largest absolute Gasteiger partial charge is 0.497 e. The lowest BCUT2D eigenvalue weighted by molar-refractivity contribution is -0.384. The van der Waals surface area contributed by atoms with Gasteiger partial charge < -0.3 is 33.7 Å². The van der Waals surface area contributed by atoms with Crippen molar-refractivity contribution >= 4 is 31.3 Å². The summed E-state index contributed by atoms with van der Waals surface area (Å²) in [6.45, 7) is 9.85. The van der Waals surface area contributed by atoms with Gasteiger partial charge in [-0.05, 0) is 94.0 Å². The van der Waals surface area contributed by atoms with Gasteiger partial charge in [0.25, 0.3) is 19.8 Å². The van der Waals surface area contributed by atoms with Crippen molar-refractivity contribution < 1.29 is 34.3 Å². The van der Waals surface area contributed by atoms with E-state index in [1.807, 2.05) is 78.9 Å². The van der Waals surface area contributed by atoms with E-state index in [0.29, 0.717) is 22.8 Å². The molecule has 17 nitrogen and oxygen atoms in total. The second-order valence-corrected chi connectivity index (χ2v) is 18.1. The first-order valence-corrected chi connectivity index (χ1v) is 23.4. The summed E-state index contributed by atoms with van der Waals surface area (Å²) in [6, 6.07) is 33.1. The third-order valence-corrected chi connectivity index (χ3v) is 13.8. The lowest BCUT2D eigenvalue weighted by Crippen LogP contribution is -2.39. The fraction of sp³-hybridized carbons (Fsp3) is 0.380. The Morgan fingerprint density at radius 3 is 2.10 bits per heavy atom. The maximum Gasteiger partial charge on any atom is 0.275 e. The third kappa shape index (κ3) is 10.8. The van der Waals surface area contributed by atoms with Crippen molar-refractivity contribution in [2.24, 2.45) is 0 Å². The van der Waals surface area contributed by atoms with E-state index in [2.05, 4.69) is 53.4 Å². The van der Waals surface area contributed by atoms with Crippen molar-refractivity contribution in [2.45, 2.75) is 96.4 Å². The van der Waals surface area contributed by atoms with Gasteiger partial charge in [0, 0.05) is 32.0 Å². The van der Waals surface area contributed by atoms with Crippen molar-refractivity contribution in [1.82, 2.24) is 24.2 Å². The number of nitro groups is 1. The second kappa shape index (κ2) is 22.2. The lowest BCUT2D eigenvalue weighted by atomic mass is 9.80. The lowest BCUT2D eigenvalue weighted by Gasteiger charge is -2.39. The maximum atomic E-state index is 14.5. The quantitative estimate of drug-likeness (QED) is 0.0235. The number of benzene rings is 4. The molecule has 3 heterocycles. The topological polar surface area (TPSA) is 212 Å². The van der Waals surface area contributed by atoms with Crippen molar-refractivity contribution in [2.75, 3.05) is 33.2 Å². The van der Waals surface area contributed by atoms with Crippen molar-refractivity contribution in [1.29, 1.82) is 5.26 Å². The number of nitriles is 1. The minimum atomic E-state index is -1.80. The van der Waals surface area contributed by atoms with Gasteiger partial charge in [0.2, 0.25) is 5.95 Å². The SMILES string of the molecule is [2H]C(Cc1nc(N)nc2c1nc(C)c(=O)n2C1C[C@H](OP(OCCC#N)N(C(C)C)C(C)C)[C@@H](COC(c2ccccc2)(c2ccc(OC)cc2)c2ccc(OC)cc2)O1)c1ccc([N+](=O)[O-])cc1. The number of hydrogen-bond donors (Lipinski definition) is 1. The number of rotatable bonds is 21. The van der Waals surface area contributed by atoms with Gasteiger partial charge in [0.1, 0.15) is 40.6 Å². The smallest absolute Gasteiger partial charge is 0.275 e. The summed E-state index contributed by atoms with van der Waals surface area (Å²) in [5.74, 6) is 1.18. The number of nitrogen functional groups attached to an aromatic ring is 1. The summed E-state index contributed by atoms with van der Waals surface area (Å²) in [4.78, 5) is 39.0. The molecule has 1 saturated heterocycles. The number of ether oxygens (including phenoxy) is 4. The van der Waals surface area contributed by atoms with Gasteiger partial charge in [-0.3, -0.25) is 19.5 Å². The van der Waals surface area contributed by atoms with E-state index in [1.165, 1.54) is 28.8 Å². The Morgan fingerprint density at radius 2 is 1.54 bits per heavy atom. The van der Waals surface area contributed by atoms with Crippen LogP contribution in [-0.2, 0) is 36.9 Å². The Kier molecular flexibility index (Phi) is 15.7. The Bertz CT molecular complexity index is 2740. The highest BCUT2D eigenvalue weighted by molar-refractivity contribution is 7.44. The first-order chi connectivity index (χ1) is 33.2. The molecule has 5 atom stereocenters. The Hall–Kier alpha value is -6.38. The zero-order valence-corrected chi connectivity index (χ0v) is 40.0. The highest BCUT2D eigenvalue weighted by Gasteiger charge is 2.45. The van der Waals surface area contributed by atoms with Crippen LogP contribution in [0.15, 0.2) is 108 Å². The summed E-state index contributed by atoms with van der Waals surface area (Å²) >= 11 is 0. The van der Waals surface area contributed by atoms with Crippen LogP contribution in [0, 0.1) is 28.4 Å². The van der Waals surface area contributed by atoms with Gasteiger partial charge in [-0.1, -0.05) is 66.7 Å². The Labute approximate surface area is 398 Å². The number of anilines is 1.